The van der Waals surface area contributed by atoms with Gasteiger partial charge in [-0.25, -0.2) is 9.78 Å². The Labute approximate surface area is 247 Å². The van der Waals surface area contributed by atoms with Crippen LogP contribution in [0.2, 0.25) is 0 Å². The molecule has 0 aliphatic carbocycles. The van der Waals surface area contributed by atoms with Gasteiger partial charge in [0.15, 0.2) is 11.5 Å². The van der Waals surface area contributed by atoms with Crippen LogP contribution in [0.3, 0.4) is 0 Å². The van der Waals surface area contributed by atoms with E-state index in [1.165, 1.54) is 7.11 Å². The molecule has 0 aliphatic heterocycles. The molecule has 0 atom stereocenters. The number of carbonyl (C=O) groups excluding carboxylic acids is 2. The molecule has 0 aliphatic rings. The second-order valence-electron chi connectivity index (χ2n) is 10.1. The zero-order valence-electron chi connectivity index (χ0n) is 24.6. The number of hydrogen-bond donors (Lipinski definition) is 0. The van der Waals surface area contributed by atoms with E-state index in [1.807, 2.05) is 61.5 Å². The van der Waals surface area contributed by atoms with Gasteiger partial charge in [0.1, 0.15) is 11.3 Å². The highest BCUT2D eigenvalue weighted by molar-refractivity contribution is 5.89. The molecule has 0 fully saturated rings. The van der Waals surface area contributed by atoms with Gasteiger partial charge in [-0.05, 0) is 80.6 Å². The number of para-hydroxylation sites is 3. The van der Waals surface area contributed by atoms with Crippen molar-refractivity contribution in [2.75, 3.05) is 33.4 Å². The van der Waals surface area contributed by atoms with Crippen molar-refractivity contribution in [3.8, 4) is 5.75 Å². The van der Waals surface area contributed by atoms with E-state index in [2.05, 4.69) is 16.0 Å². The first-order valence-electron chi connectivity index (χ1n) is 14.7. The number of carbonyl (C=O) groups is 2. The van der Waals surface area contributed by atoms with Crippen LogP contribution in [0.5, 0.6) is 5.75 Å². The Bertz CT molecular complexity index is 1380. The highest BCUT2D eigenvalue weighted by atomic mass is 16.5. The van der Waals surface area contributed by atoms with Crippen LogP contribution in [0, 0.1) is 0 Å². The Kier molecular flexibility index (Phi) is 12.0. The third-order valence-electron chi connectivity index (χ3n) is 6.99. The Morgan fingerprint density at radius 3 is 2.45 bits per heavy atom. The topological polar surface area (TPSA) is 91.1 Å². The molecular formula is C34H40N2O6. The van der Waals surface area contributed by atoms with Crippen molar-refractivity contribution in [1.29, 1.82) is 0 Å². The average Bonchev–Trinajstić information content (AvgIpc) is 3.43. The molecule has 0 bridgehead atoms. The molecule has 4 aromatic rings. The number of esters is 2. The summed E-state index contributed by atoms with van der Waals surface area (Å²) in [7, 11) is 1.38. The third-order valence-corrected chi connectivity index (χ3v) is 6.99. The molecule has 4 rings (SSSR count). The number of aryl methyl sites for hydroxylation is 1. The van der Waals surface area contributed by atoms with E-state index in [-0.39, 0.29) is 11.9 Å². The third kappa shape index (κ3) is 9.45. The van der Waals surface area contributed by atoms with Crippen LogP contribution in [0.15, 0.2) is 77.2 Å². The molecule has 3 aromatic carbocycles. The van der Waals surface area contributed by atoms with Crippen LogP contribution in [0.4, 0.5) is 0 Å². The maximum atomic E-state index is 11.8. The summed E-state index contributed by atoms with van der Waals surface area (Å²) < 4.78 is 21.9. The SMILES string of the molecule is CCOC(=O)CCCCN(CCc1ccccc1OCCCc1nc2ccccc2o1)Cc1ccc(C(=O)OC)cc1. The van der Waals surface area contributed by atoms with Gasteiger partial charge in [-0.3, -0.25) is 9.69 Å². The molecule has 0 saturated heterocycles. The Morgan fingerprint density at radius 1 is 0.881 bits per heavy atom. The largest absolute Gasteiger partial charge is 0.493 e. The van der Waals surface area contributed by atoms with E-state index in [4.69, 9.17) is 18.6 Å². The second-order valence-corrected chi connectivity index (χ2v) is 10.1. The molecular weight excluding hydrogens is 532 g/mol. The molecule has 1 aromatic heterocycles. The van der Waals surface area contributed by atoms with Crippen LogP contribution >= 0.6 is 0 Å². The van der Waals surface area contributed by atoms with Crippen LogP contribution in [0.25, 0.3) is 11.1 Å². The predicted molar refractivity (Wildman–Crippen MR) is 162 cm³/mol. The van der Waals surface area contributed by atoms with Crippen LogP contribution in [-0.4, -0.2) is 55.2 Å². The number of fused-ring (bicyclic) bond motifs is 1. The lowest BCUT2D eigenvalue weighted by Crippen LogP contribution is -2.27. The van der Waals surface area contributed by atoms with Gasteiger partial charge in [0.25, 0.3) is 0 Å². The monoisotopic (exact) mass is 572 g/mol. The lowest BCUT2D eigenvalue weighted by Gasteiger charge is -2.23. The quantitative estimate of drug-likeness (QED) is 0.106. The number of oxazole rings is 1. The predicted octanol–water partition coefficient (Wildman–Crippen LogP) is 6.40. The molecule has 0 amide bonds. The zero-order chi connectivity index (χ0) is 29.6. The fraction of sp³-hybridized carbons (Fsp3) is 0.382. The van der Waals surface area contributed by atoms with E-state index in [0.717, 1.165) is 79.2 Å². The van der Waals surface area contributed by atoms with Crippen molar-refractivity contribution in [2.45, 2.75) is 52.0 Å². The van der Waals surface area contributed by atoms with Gasteiger partial charge in [-0.15, -0.1) is 0 Å². The maximum Gasteiger partial charge on any atom is 0.337 e. The molecule has 1 heterocycles. The van der Waals surface area contributed by atoms with E-state index in [0.29, 0.717) is 31.6 Å². The standard InChI is InChI=1S/C34H40N2O6/c1-3-40-33(37)16-8-9-22-36(25-26-17-19-28(20-18-26)34(38)39-2)23-21-27-11-4-6-13-30(27)41-24-10-15-32-35-29-12-5-7-14-31(29)42-32/h4-7,11-14,17-20H,3,8-10,15-16,21-25H2,1-2H3. The number of rotatable bonds is 17. The molecule has 0 unspecified atom stereocenters. The van der Waals surface area contributed by atoms with E-state index in [9.17, 15) is 9.59 Å². The first-order valence-corrected chi connectivity index (χ1v) is 14.7. The molecule has 0 spiro atoms. The number of ether oxygens (including phenoxy) is 3. The van der Waals surface area contributed by atoms with Gasteiger partial charge in [0.2, 0.25) is 0 Å². The van der Waals surface area contributed by atoms with Gasteiger partial charge < -0.3 is 18.6 Å². The molecule has 222 valence electrons. The number of aromatic nitrogens is 1. The molecule has 0 N–H and O–H groups in total. The van der Waals surface area contributed by atoms with E-state index in [1.54, 1.807) is 12.1 Å². The van der Waals surface area contributed by atoms with Crippen molar-refractivity contribution in [3.63, 3.8) is 0 Å². The fourth-order valence-corrected chi connectivity index (χ4v) is 4.79. The van der Waals surface area contributed by atoms with E-state index >= 15 is 0 Å². The van der Waals surface area contributed by atoms with Gasteiger partial charge in [0, 0.05) is 25.9 Å². The normalized spacial score (nSPS) is 11.1. The highest BCUT2D eigenvalue weighted by Crippen LogP contribution is 2.21. The summed E-state index contributed by atoms with van der Waals surface area (Å²) in [5.74, 6) is 1.12. The fourth-order valence-electron chi connectivity index (χ4n) is 4.79. The molecule has 8 nitrogen and oxygen atoms in total. The van der Waals surface area contributed by atoms with Gasteiger partial charge in [-0.1, -0.05) is 42.5 Å². The van der Waals surface area contributed by atoms with Crippen LogP contribution in [-0.2, 0) is 33.7 Å². The lowest BCUT2D eigenvalue weighted by molar-refractivity contribution is -0.143. The van der Waals surface area contributed by atoms with Crippen molar-refractivity contribution < 1.29 is 28.2 Å². The molecule has 0 saturated carbocycles. The minimum absolute atomic E-state index is 0.148. The number of hydrogen-bond acceptors (Lipinski definition) is 8. The first-order chi connectivity index (χ1) is 20.6. The Hall–Kier alpha value is -4.17. The van der Waals surface area contributed by atoms with Gasteiger partial charge in [-0.2, -0.15) is 0 Å². The van der Waals surface area contributed by atoms with Gasteiger partial charge >= 0.3 is 11.9 Å². The van der Waals surface area contributed by atoms with Crippen molar-refractivity contribution in [2.24, 2.45) is 0 Å². The van der Waals surface area contributed by atoms with Gasteiger partial charge in [0.05, 0.1) is 25.9 Å². The highest BCUT2D eigenvalue weighted by Gasteiger charge is 2.12. The molecule has 8 heteroatoms. The minimum Gasteiger partial charge on any atom is -0.493 e. The smallest absolute Gasteiger partial charge is 0.337 e. The Morgan fingerprint density at radius 2 is 1.67 bits per heavy atom. The number of methoxy groups -OCH3 is 1. The summed E-state index contributed by atoms with van der Waals surface area (Å²) >= 11 is 0. The first kappa shape index (κ1) is 30.8. The van der Waals surface area contributed by atoms with E-state index < -0.39 is 0 Å². The summed E-state index contributed by atoms with van der Waals surface area (Å²) in [5, 5.41) is 0. The maximum absolute atomic E-state index is 11.8. The summed E-state index contributed by atoms with van der Waals surface area (Å²) in [4.78, 5) is 30.5. The second kappa shape index (κ2) is 16.3. The number of nitrogens with zero attached hydrogens (tertiary/aromatic N) is 2. The van der Waals surface area contributed by atoms with Crippen molar-refractivity contribution in [1.82, 2.24) is 9.88 Å². The zero-order valence-corrected chi connectivity index (χ0v) is 24.6. The van der Waals surface area contributed by atoms with Crippen LogP contribution < -0.4 is 4.74 Å². The Balaban J connectivity index is 1.32. The minimum atomic E-state index is -0.345. The average molecular weight is 573 g/mol. The summed E-state index contributed by atoms with van der Waals surface area (Å²) in [5.41, 5.74) is 4.48. The number of unbranched alkanes of at least 4 members (excludes halogenated alkanes) is 1. The molecule has 0 radical (unpaired) electrons. The van der Waals surface area contributed by atoms with Crippen molar-refractivity contribution >= 4 is 23.0 Å². The number of benzene rings is 3. The van der Waals surface area contributed by atoms with Crippen LogP contribution in [0.1, 0.15) is 60.0 Å². The summed E-state index contributed by atoms with van der Waals surface area (Å²) in [6, 6.07) is 23.5. The van der Waals surface area contributed by atoms with Crippen molar-refractivity contribution in [3.05, 3.63) is 95.4 Å². The lowest BCUT2D eigenvalue weighted by atomic mass is 10.1. The summed E-state index contributed by atoms with van der Waals surface area (Å²) in [6.45, 7) is 5.19. The molecule has 42 heavy (non-hydrogen) atoms. The summed E-state index contributed by atoms with van der Waals surface area (Å²) in [6.07, 6.45) is 4.42.